The normalized spacial score (nSPS) is 14.2. The topological polar surface area (TPSA) is 20.2 Å². The van der Waals surface area contributed by atoms with Crippen molar-refractivity contribution >= 4 is 0 Å². The number of hydrogen-bond donors (Lipinski definition) is 1. The van der Waals surface area contributed by atoms with Gasteiger partial charge in [0.25, 0.3) is 0 Å². The number of quaternary nitrogens is 1. The highest BCUT2D eigenvalue weighted by atomic mass is 16.3. The van der Waals surface area contributed by atoms with Crippen LogP contribution in [0.3, 0.4) is 0 Å². The Kier molecular flexibility index (Phi) is 6.07. The smallest absolute Gasteiger partial charge is 0.178 e. The largest absolute Gasteiger partial charge is 0.383 e. The van der Waals surface area contributed by atoms with Crippen LogP contribution in [-0.4, -0.2) is 42.4 Å². The van der Waals surface area contributed by atoms with Crippen molar-refractivity contribution in [2.45, 2.75) is 58.1 Å². The Morgan fingerprint density at radius 2 is 1.75 bits per heavy atom. The Morgan fingerprint density at radius 3 is 2.12 bits per heavy atom. The molecule has 0 saturated heterocycles. The van der Waals surface area contributed by atoms with Gasteiger partial charge in [-0.3, -0.25) is 0 Å². The summed E-state index contributed by atoms with van der Waals surface area (Å²) in [6, 6.07) is -0.0332. The molecule has 1 unspecified atom stereocenters. The molecule has 0 aromatic heterocycles. The molecule has 0 aromatic rings. The fourth-order valence-corrected chi connectivity index (χ4v) is 1.95. The number of hydrogen-bond acceptors (Lipinski definition) is 1. The van der Waals surface area contributed by atoms with Gasteiger partial charge in [-0.15, -0.1) is 0 Å². The molecule has 0 bridgehead atoms. The minimum atomic E-state index is -0.754. The fraction of sp³-hybridized carbons (Fsp3) is 0.857. The Bertz CT molecular complexity index is 233. The predicted molar refractivity (Wildman–Crippen MR) is 70.0 cm³/mol. The molecule has 0 aliphatic heterocycles. The minimum Gasteiger partial charge on any atom is -0.383 e. The summed E-state index contributed by atoms with van der Waals surface area (Å²) in [5.41, 5.74) is -0.754. The van der Waals surface area contributed by atoms with Crippen molar-refractivity contribution < 1.29 is 9.59 Å². The van der Waals surface area contributed by atoms with Crippen molar-refractivity contribution in [3.05, 3.63) is 0 Å². The van der Waals surface area contributed by atoms with Crippen LogP contribution in [0.1, 0.15) is 46.5 Å². The van der Waals surface area contributed by atoms with E-state index in [0.717, 1.165) is 6.42 Å². The zero-order valence-electron chi connectivity index (χ0n) is 11.8. The molecular formula is C14H28NO+. The van der Waals surface area contributed by atoms with Gasteiger partial charge in [0.2, 0.25) is 0 Å². The maximum atomic E-state index is 10.1. The van der Waals surface area contributed by atoms with Crippen LogP contribution in [0.5, 0.6) is 0 Å². The van der Waals surface area contributed by atoms with Crippen LogP contribution in [0.25, 0.3) is 0 Å². The van der Waals surface area contributed by atoms with Crippen molar-refractivity contribution in [2.24, 2.45) is 0 Å². The molecule has 0 amide bonds. The van der Waals surface area contributed by atoms with Crippen molar-refractivity contribution in [3.63, 3.8) is 0 Å². The molecule has 0 aliphatic rings. The average molecular weight is 226 g/mol. The van der Waals surface area contributed by atoms with E-state index in [-0.39, 0.29) is 6.04 Å². The molecule has 1 N–H and O–H groups in total. The van der Waals surface area contributed by atoms with Crippen LogP contribution in [0.4, 0.5) is 0 Å². The maximum absolute atomic E-state index is 10.1. The molecule has 0 aliphatic carbocycles. The third-order valence-electron chi connectivity index (χ3n) is 2.59. The summed E-state index contributed by atoms with van der Waals surface area (Å²) < 4.78 is 0.671. The second kappa shape index (κ2) is 6.27. The lowest BCUT2D eigenvalue weighted by Crippen LogP contribution is -2.55. The van der Waals surface area contributed by atoms with Crippen LogP contribution in [-0.2, 0) is 0 Å². The molecule has 0 saturated carbocycles. The summed E-state index contributed by atoms with van der Waals surface area (Å²) >= 11 is 0. The molecule has 0 spiro atoms. The predicted octanol–water partition coefficient (Wildman–Crippen LogP) is 2.42. The standard InChI is InChI=1S/C14H28NO/c1-7-8-9-10-11-12-13(14(2,3)16)15(4,5)6/h13,16H,7-10H2,1-6H3/q+1. The van der Waals surface area contributed by atoms with Crippen molar-refractivity contribution in [2.75, 3.05) is 21.1 Å². The molecule has 0 aromatic carbocycles. The van der Waals surface area contributed by atoms with Crippen LogP contribution in [0.15, 0.2) is 0 Å². The monoisotopic (exact) mass is 226 g/mol. The Labute approximate surface area is 101 Å². The number of unbranched alkanes of at least 4 members (excludes halogenated alkanes) is 3. The van der Waals surface area contributed by atoms with Gasteiger partial charge in [-0.25, -0.2) is 0 Å². The molecule has 2 nitrogen and oxygen atoms in total. The van der Waals surface area contributed by atoms with Gasteiger partial charge >= 0.3 is 0 Å². The van der Waals surface area contributed by atoms with Crippen LogP contribution in [0.2, 0.25) is 0 Å². The third-order valence-corrected chi connectivity index (χ3v) is 2.59. The van der Waals surface area contributed by atoms with Gasteiger partial charge in [-0.05, 0) is 26.2 Å². The quantitative estimate of drug-likeness (QED) is 0.434. The summed E-state index contributed by atoms with van der Waals surface area (Å²) in [6.07, 6.45) is 4.58. The van der Waals surface area contributed by atoms with Crippen molar-refractivity contribution in [1.29, 1.82) is 0 Å². The fourth-order valence-electron chi connectivity index (χ4n) is 1.95. The van der Waals surface area contributed by atoms with E-state index in [9.17, 15) is 5.11 Å². The highest BCUT2D eigenvalue weighted by Crippen LogP contribution is 2.17. The molecule has 94 valence electrons. The average Bonchev–Trinajstić information content (AvgIpc) is 2.06. The number of rotatable bonds is 5. The lowest BCUT2D eigenvalue weighted by Gasteiger charge is -2.37. The van der Waals surface area contributed by atoms with Crippen LogP contribution < -0.4 is 0 Å². The van der Waals surface area contributed by atoms with E-state index in [2.05, 4.69) is 39.9 Å². The summed E-state index contributed by atoms with van der Waals surface area (Å²) in [6.45, 7) is 5.86. The second-order valence-corrected chi connectivity index (χ2v) is 5.95. The number of aliphatic hydroxyl groups is 1. The summed E-state index contributed by atoms with van der Waals surface area (Å²) in [5, 5.41) is 10.1. The van der Waals surface area contributed by atoms with E-state index in [1.807, 2.05) is 13.8 Å². The Morgan fingerprint density at radius 1 is 1.19 bits per heavy atom. The molecule has 0 radical (unpaired) electrons. The van der Waals surface area contributed by atoms with Gasteiger partial charge < -0.3 is 9.59 Å². The number of likely N-dealkylation sites (N-methyl/N-ethyl adjacent to an activating group) is 1. The first-order valence-corrected chi connectivity index (χ1v) is 6.21. The molecule has 0 fully saturated rings. The van der Waals surface area contributed by atoms with Gasteiger partial charge in [-0.1, -0.05) is 25.7 Å². The zero-order valence-corrected chi connectivity index (χ0v) is 11.8. The molecule has 0 rings (SSSR count). The first kappa shape index (κ1) is 15.5. The minimum absolute atomic E-state index is 0.0332. The van der Waals surface area contributed by atoms with E-state index < -0.39 is 5.60 Å². The molecule has 16 heavy (non-hydrogen) atoms. The van der Waals surface area contributed by atoms with Crippen molar-refractivity contribution in [3.8, 4) is 11.8 Å². The van der Waals surface area contributed by atoms with Crippen molar-refractivity contribution in [1.82, 2.24) is 0 Å². The van der Waals surface area contributed by atoms with E-state index in [1.54, 1.807) is 0 Å². The molecular weight excluding hydrogens is 198 g/mol. The lowest BCUT2D eigenvalue weighted by atomic mass is 9.96. The molecule has 0 heterocycles. The lowest BCUT2D eigenvalue weighted by molar-refractivity contribution is -0.894. The maximum Gasteiger partial charge on any atom is 0.178 e. The molecule has 1 atom stereocenters. The van der Waals surface area contributed by atoms with E-state index in [0.29, 0.717) is 4.48 Å². The first-order chi connectivity index (χ1) is 7.19. The first-order valence-electron chi connectivity index (χ1n) is 6.21. The SMILES string of the molecule is CCCCCC#CC(C(C)(C)O)[N+](C)(C)C. The van der Waals surface area contributed by atoms with E-state index in [4.69, 9.17) is 0 Å². The van der Waals surface area contributed by atoms with Crippen LogP contribution >= 0.6 is 0 Å². The summed E-state index contributed by atoms with van der Waals surface area (Å²) in [7, 11) is 6.22. The van der Waals surface area contributed by atoms with E-state index in [1.165, 1.54) is 19.3 Å². The van der Waals surface area contributed by atoms with Gasteiger partial charge in [0.15, 0.2) is 6.04 Å². The number of nitrogens with zero attached hydrogens (tertiary/aromatic N) is 1. The van der Waals surface area contributed by atoms with Gasteiger partial charge in [0.05, 0.1) is 21.1 Å². The van der Waals surface area contributed by atoms with Crippen LogP contribution in [0, 0.1) is 11.8 Å². The summed E-state index contributed by atoms with van der Waals surface area (Å²) in [5.74, 6) is 6.44. The van der Waals surface area contributed by atoms with Gasteiger partial charge in [0.1, 0.15) is 5.60 Å². The highest BCUT2D eigenvalue weighted by Gasteiger charge is 2.36. The summed E-state index contributed by atoms with van der Waals surface area (Å²) in [4.78, 5) is 0. The van der Waals surface area contributed by atoms with E-state index >= 15 is 0 Å². The van der Waals surface area contributed by atoms with Gasteiger partial charge in [-0.2, -0.15) is 0 Å². The second-order valence-electron chi connectivity index (χ2n) is 5.95. The Hall–Kier alpha value is -0.520. The third kappa shape index (κ3) is 6.15. The zero-order chi connectivity index (χ0) is 12.8. The Balaban J connectivity index is 4.46. The highest BCUT2D eigenvalue weighted by molar-refractivity contribution is 5.10. The molecule has 2 heteroatoms. The van der Waals surface area contributed by atoms with Gasteiger partial charge in [0, 0.05) is 6.42 Å².